The highest BCUT2D eigenvalue weighted by atomic mass is 16.6. The van der Waals surface area contributed by atoms with Crippen LogP contribution in [0.25, 0.3) is 0 Å². The summed E-state index contributed by atoms with van der Waals surface area (Å²) in [6.45, 7) is 0. The van der Waals surface area contributed by atoms with Gasteiger partial charge in [0.05, 0.1) is 22.7 Å². The minimum Gasteiger partial charge on any atom is -0.267 e. The summed E-state index contributed by atoms with van der Waals surface area (Å²) >= 11 is 0. The van der Waals surface area contributed by atoms with E-state index >= 15 is 0 Å². The van der Waals surface area contributed by atoms with Crippen molar-refractivity contribution in [2.24, 2.45) is 5.10 Å². The monoisotopic (exact) mass is 382 g/mol. The normalized spacial score (nSPS) is 16.7. The van der Waals surface area contributed by atoms with E-state index in [1.54, 1.807) is 12.1 Å². The Morgan fingerprint density at radius 3 is 2.21 bits per heavy atom. The minimum atomic E-state index is -0.651. The van der Waals surface area contributed by atoms with Crippen molar-refractivity contribution in [1.29, 1.82) is 5.26 Å². The van der Waals surface area contributed by atoms with E-state index < -0.39 is 11.0 Å². The first-order valence-corrected chi connectivity index (χ1v) is 9.27. The quantitative estimate of drug-likeness (QED) is 0.459. The van der Waals surface area contributed by atoms with Crippen LogP contribution in [0.2, 0.25) is 0 Å². The lowest BCUT2D eigenvalue weighted by molar-refractivity contribution is -0.384. The third-order valence-corrected chi connectivity index (χ3v) is 5.04. The number of non-ortho nitro benzene ring substituents is 1. The fourth-order valence-electron chi connectivity index (χ4n) is 3.58. The molecule has 1 heterocycles. The van der Waals surface area contributed by atoms with Crippen LogP contribution in [0.4, 0.5) is 5.69 Å². The van der Waals surface area contributed by atoms with Gasteiger partial charge in [0.2, 0.25) is 0 Å². The summed E-state index contributed by atoms with van der Waals surface area (Å²) in [6, 6.07) is 27.6. The van der Waals surface area contributed by atoms with E-state index in [9.17, 15) is 15.4 Å². The van der Waals surface area contributed by atoms with E-state index in [-0.39, 0.29) is 11.7 Å². The zero-order valence-corrected chi connectivity index (χ0v) is 15.6. The fraction of sp³-hybridized carbons (Fsp3) is 0.130. The van der Waals surface area contributed by atoms with Crippen molar-refractivity contribution in [3.05, 3.63) is 112 Å². The highest BCUT2D eigenvalue weighted by Gasteiger charge is 2.34. The minimum absolute atomic E-state index is 0.0000491. The van der Waals surface area contributed by atoms with Crippen LogP contribution in [0.3, 0.4) is 0 Å². The lowest BCUT2D eigenvalue weighted by Gasteiger charge is -2.28. The van der Waals surface area contributed by atoms with Crippen LogP contribution >= 0.6 is 0 Å². The maximum absolute atomic E-state index is 11.0. The van der Waals surface area contributed by atoms with E-state index in [0.717, 1.165) is 16.8 Å². The van der Waals surface area contributed by atoms with Gasteiger partial charge in [0.1, 0.15) is 0 Å². The first kappa shape index (κ1) is 18.4. The summed E-state index contributed by atoms with van der Waals surface area (Å²) < 4.78 is 0. The van der Waals surface area contributed by atoms with Gasteiger partial charge in [-0.2, -0.15) is 10.4 Å². The zero-order valence-electron chi connectivity index (χ0n) is 15.6. The molecule has 29 heavy (non-hydrogen) atoms. The molecule has 4 rings (SSSR count). The molecule has 1 aliphatic heterocycles. The van der Waals surface area contributed by atoms with Crippen LogP contribution in [0.15, 0.2) is 90.0 Å². The van der Waals surface area contributed by atoms with E-state index in [2.05, 4.69) is 6.07 Å². The van der Waals surface area contributed by atoms with Crippen molar-refractivity contribution in [2.45, 2.75) is 18.5 Å². The molecule has 0 saturated heterocycles. The predicted octanol–water partition coefficient (Wildman–Crippen LogP) is 5.01. The topological polar surface area (TPSA) is 82.5 Å². The molecule has 0 bridgehead atoms. The smallest absolute Gasteiger partial charge is 0.267 e. The maximum atomic E-state index is 11.0. The van der Waals surface area contributed by atoms with Crippen molar-refractivity contribution in [3.8, 4) is 6.07 Å². The summed E-state index contributed by atoms with van der Waals surface area (Å²) in [6.07, 6.45) is 0.680. The molecule has 0 amide bonds. The van der Waals surface area contributed by atoms with Gasteiger partial charge in [-0.3, -0.25) is 15.1 Å². The van der Waals surface area contributed by atoms with Crippen molar-refractivity contribution in [2.75, 3.05) is 0 Å². The highest BCUT2D eigenvalue weighted by Crippen LogP contribution is 2.39. The van der Waals surface area contributed by atoms with Gasteiger partial charge >= 0.3 is 0 Å². The Hall–Kier alpha value is -3.98. The molecule has 0 saturated carbocycles. The van der Waals surface area contributed by atoms with Gasteiger partial charge in [0.15, 0.2) is 6.04 Å². The first-order chi connectivity index (χ1) is 14.2. The molecule has 0 unspecified atom stereocenters. The second kappa shape index (κ2) is 7.95. The van der Waals surface area contributed by atoms with Crippen molar-refractivity contribution >= 4 is 11.4 Å². The second-order valence-corrected chi connectivity index (χ2v) is 6.80. The van der Waals surface area contributed by atoms with Crippen LogP contribution in [0.5, 0.6) is 0 Å². The number of nitro groups is 1. The zero-order chi connectivity index (χ0) is 20.2. The van der Waals surface area contributed by atoms with Crippen LogP contribution in [-0.2, 0) is 0 Å². The average molecular weight is 382 g/mol. The Kier molecular flexibility index (Phi) is 5.04. The number of nitro benzene ring substituents is 1. The predicted molar refractivity (Wildman–Crippen MR) is 110 cm³/mol. The van der Waals surface area contributed by atoms with Crippen molar-refractivity contribution < 1.29 is 4.92 Å². The molecule has 3 aromatic carbocycles. The molecule has 142 valence electrons. The van der Waals surface area contributed by atoms with Crippen molar-refractivity contribution in [3.63, 3.8) is 0 Å². The number of rotatable bonds is 5. The molecule has 2 atom stereocenters. The third kappa shape index (κ3) is 3.71. The van der Waals surface area contributed by atoms with Crippen LogP contribution in [-0.4, -0.2) is 15.6 Å². The largest absolute Gasteiger partial charge is 0.269 e. The molecular formula is C23H18N4O2. The number of benzene rings is 3. The van der Waals surface area contributed by atoms with Gasteiger partial charge < -0.3 is 0 Å². The molecule has 0 aliphatic carbocycles. The summed E-state index contributed by atoms with van der Waals surface area (Å²) in [5, 5.41) is 27.5. The standard InChI is InChI=1S/C23H18N4O2/c24-16-23(19-11-13-20(14-12-19)27(28)29)26-22(18-9-5-2-6-10-18)15-21(25-26)17-7-3-1-4-8-17/h1-14,22-23H,15H2/t22-,23-/m0/s1. The van der Waals surface area contributed by atoms with Gasteiger partial charge in [0.25, 0.3) is 5.69 Å². The lowest BCUT2D eigenvalue weighted by Crippen LogP contribution is -2.24. The number of nitriles is 1. The van der Waals surface area contributed by atoms with Gasteiger partial charge in [-0.15, -0.1) is 0 Å². The fourth-order valence-corrected chi connectivity index (χ4v) is 3.58. The second-order valence-electron chi connectivity index (χ2n) is 6.80. The Morgan fingerprint density at radius 1 is 1.00 bits per heavy atom. The van der Waals surface area contributed by atoms with Crippen LogP contribution < -0.4 is 0 Å². The van der Waals surface area contributed by atoms with Gasteiger partial charge in [0, 0.05) is 18.6 Å². The lowest BCUT2D eigenvalue weighted by atomic mass is 9.97. The summed E-state index contributed by atoms with van der Waals surface area (Å²) in [5.41, 5.74) is 3.69. The average Bonchev–Trinajstić information content (AvgIpc) is 3.21. The molecule has 0 N–H and O–H groups in total. The van der Waals surface area contributed by atoms with Crippen molar-refractivity contribution in [1.82, 2.24) is 5.01 Å². The van der Waals surface area contributed by atoms with E-state index in [1.807, 2.05) is 65.7 Å². The number of hydrogen-bond acceptors (Lipinski definition) is 5. The summed E-state index contributed by atoms with van der Waals surface area (Å²) in [4.78, 5) is 10.5. The Labute approximate surface area is 168 Å². The Bertz CT molecular complexity index is 1070. The molecule has 0 aromatic heterocycles. The molecule has 1 aliphatic rings. The molecule has 0 fully saturated rings. The summed E-state index contributed by atoms with van der Waals surface area (Å²) in [7, 11) is 0. The number of hydrazone groups is 1. The van der Waals surface area contributed by atoms with Gasteiger partial charge in [-0.1, -0.05) is 60.7 Å². The molecule has 0 radical (unpaired) electrons. The molecule has 6 nitrogen and oxygen atoms in total. The third-order valence-electron chi connectivity index (χ3n) is 5.04. The Morgan fingerprint density at radius 2 is 1.62 bits per heavy atom. The maximum Gasteiger partial charge on any atom is 0.269 e. The molecule has 3 aromatic rings. The molecule has 6 heteroatoms. The van der Waals surface area contributed by atoms with E-state index in [0.29, 0.717) is 12.0 Å². The first-order valence-electron chi connectivity index (χ1n) is 9.27. The van der Waals surface area contributed by atoms with Gasteiger partial charge in [-0.25, -0.2) is 0 Å². The highest BCUT2D eigenvalue weighted by molar-refractivity contribution is 6.01. The Balaban J connectivity index is 1.74. The van der Waals surface area contributed by atoms with E-state index in [1.165, 1.54) is 12.1 Å². The number of nitrogens with zero attached hydrogens (tertiary/aromatic N) is 4. The SMILES string of the molecule is N#C[C@@H](c1ccc([N+](=O)[O-])cc1)N1N=C(c2ccccc2)C[C@H]1c1ccccc1. The summed E-state index contributed by atoms with van der Waals surface area (Å²) in [5.74, 6) is 0. The van der Waals surface area contributed by atoms with E-state index in [4.69, 9.17) is 5.10 Å². The van der Waals surface area contributed by atoms with Crippen LogP contribution in [0.1, 0.15) is 35.2 Å². The molecular weight excluding hydrogens is 364 g/mol. The van der Waals surface area contributed by atoms with Gasteiger partial charge in [-0.05, 0) is 28.8 Å². The van der Waals surface area contributed by atoms with Crippen LogP contribution in [0, 0.1) is 21.4 Å². The molecule has 0 spiro atoms. The number of hydrogen-bond donors (Lipinski definition) is 0.